The number of hydrogen-bond acceptors (Lipinski definition) is 3. The van der Waals surface area contributed by atoms with Crippen LogP contribution < -0.4 is 5.32 Å². The third-order valence-corrected chi connectivity index (χ3v) is 2.40. The van der Waals surface area contributed by atoms with E-state index in [0.29, 0.717) is 18.7 Å². The molecule has 1 aromatic rings. The van der Waals surface area contributed by atoms with Gasteiger partial charge in [0.2, 0.25) is 0 Å². The summed E-state index contributed by atoms with van der Waals surface area (Å²) in [6, 6.07) is 1.75. The fraction of sp³-hybridized carbons (Fsp3) is 0.636. The molecule has 90 valence electrons. The Balaban J connectivity index is 2.65. The molecular weight excluding hydrogens is 206 g/mol. The molecule has 5 nitrogen and oxygen atoms in total. The Morgan fingerprint density at radius 2 is 2.31 bits per heavy atom. The Labute approximate surface area is 95.5 Å². The number of nitrogens with zero attached hydrogens (tertiary/aromatic N) is 2. The Bertz CT molecular complexity index is 360. The lowest BCUT2D eigenvalue weighted by Gasteiger charge is -2.09. The molecule has 0 bridgehead atoms. The van der Waals surface area contributed by atoms with Gasteiger partial charge in [0.05, 0.1) is 11.8 Å². The Morgan fingerprint density at radius 1 is 1.62 bits per heavy atom. The van der Waals surface area contributed by atoms with Crippen LogP contribution in [0.1, 0.15) is 36.5 Å². The van der Waals surface area contributed by atoms with Gasteiger partial charge in [0, 0.05) is 13.1 Å². The average Bonchev–Trinajstić information content (AvgIpc) is 2.66. The number of aliphatic hydroxyl groups excluding tert-OH is 1. The minimum Gasteiger partial charge on any atom is -0.391 e. The molecule has 1 unspecified atom stereocenters. The first-order chi connectivity index (χ1) is 7.58. The molecule has 0 aromatic carbocycles. The molecule has 1 atom stereocenters. The van der Waals surface area contributed by atoms with Crippen LogP contribution in [0.4, 0.5) is 0 Å². The van der Waals surface area contributed by atoms with Gasteiger partial charge >= 0.3 is 0 Å². The van der Waals surface area contributed by atoms with Gasteiger partial charge in [0.1, 0.15) is 5.69 Å². The van der Waals surface area contributed by atoms with E-state index in [1.54, 1.807) is 10.7 Å². The summed E-state index contributed by atoms with van der Waals surface area (Å²) in [7, 11) is 0. The minimum absolute atomic E-state index is 0.185. The van der Waals surface area contributed by atoms with Gasteiger partial charge in [0.25, 0.3) is 5.91 Å². The zero-order valence-electron chi connectivity index (χ0n) is 10.0. The molecule has 0 aliphatic rings. The number of carbonyl (C=O) groups is 1. The van der Waals surface area contributed by atoms with E-state index in [4.69, 9.17) is 0 Å². The molecule has 0 radical (unpaired) electrons. The fourth-order valence-electron chi connectivity index (χ4n) is 1.41. The molecule has 0 fully saturated rings. The summed E-state index contributed by atoms with van der Waals surface area (Å²) >= 11 is 0. The van der Waals surface area contributed by atoms with Gasteiger partial charge in [-0.15, -0.1) is 0 Å². The van der Waals surface area contributed by atoms with Crippen LogP contribution in [0.2, 0.25) is 0 Å². The van der Waals surface area contributed by atoms with Crippen molar-refractivity contribution in [1.82, 2.24) is 15.1 Å². The molecule has 0 saturated carbocycles. The van der Waals surface area contributed by atoms with Crippen molar-refractivity contribution in [2.45, 2.75) is 39.8 Å². The number of hydrogen-bond donors (Lipinski definition) is 2. The summed E-state index contributed by atoms with van der Waals surface area (Å²) in [5, 5.41) is 16.2. The highest BCUT2D eigenvalue weighted by Gasteiger charge is 2.13. The lowest BCUT2D eigenvalue weighted by Crippen LogP contribution is -2.33. The third-order valence-electron chi connectivity index (χ3n) is 2.40. The summed E-state index contributed by atoms with van der Waals surface area (Å²) in [6.07, 6.45) is 0.148. The quantitative estimate of drug-likeness (QED) is 0.775. The predicted octanol–water partition coefficient (Wildman–Crippen LogP) is 0.712. The Kier molecular flexibility index (Phi) is 4.49. The van der Waals surface area contributed by atoms with Gasteiger partial charge in [-0.1, -0.05) is 6.92 Å². The van der Waals surface area contributed by atoms with Crippen LogP contribution in [0.3, 0.4) is 0 Å². The van der Waals surface area contributed by atoms with Crippen molar-refractivity contribution in [3.05, 3.63) is 17.5 Å². The van der Waals surface area contributed by atoms with E-state index in [9.17, 15) is 9.90 Å². The maximum atomic E-state index is 11.8. The summed E-state index contributed by atoms with van der Waals surface area (Å²) in [6.45, 7) is 6.60. The number of carbonyl (C=O) groups excluding carboxylic acids is 1. The highest BCUT2D eigenvalue weighted by molar-refractivity contribution is 5.92. The average molecular weight is 225 g/mol. The van der Waals surface area contributed by atoms with Gasteiger partial charge in [-0.25, -0.2) is 0 Å². The normalized spacial score (nSPS) is 12.5. The van der Waals surface area contributed by atoms with Crippen LogP contribution in [0.5, 0.6) is 0 Å². The number of amides is 1. The molecule has 5 heteroatoms. The second-order valence-electron chi connectivity index (χ2n) is 3.76. The zero-order chi connectivity index (χ0) is 12.1. The monoisotopic (exact) mass is 225 g/mol. The molecule has 0 saturated heterocycles. The summed E-state index contributed by atoms with van der Waals surface area (Å²) in [4.78, 5) is 11.8. The van der Waals surface area contributed by atoms with Crippen molar-refractivity contribution in [1.29, 1.82) is 0 Å². The maximum absolute atomic E-state index is 11.8. The van der Waals surface area contributed by atoms with Crippen molar-refractivity contribution in [3.63, 3.8) is 0 Å². The number of aliphatic hydroxyl groups is 1. The molecule has 1 heterocycles. The van der Waals surface area contributed by atoms with E-state index in [1.807, 2.05) is 20.8 Å². The third kappa shape index (κ3) is 3.06. The van der Waals surface area contributed by atoms with Crippen LogP contribution in [0.25, 0.3) is 0 Å². The highest BCUT2D eigenvalue weighted by atomic mass is 16.3. The summed E-state index contributed by atoms with van der Waals surface area (Å²) in [5.41, 5.74) is 1.37. The number of rotatable bonds is 5. The van der Waals surface area contributed by atoms with Crippen molar-refractivity contribution < 1.29 is 9.90 Å². The molecule has 2 N–H and O–H groups in total. The van der Waals surface area contributed by atoms with E-state index in [0.717, 1.165) is 5.69 Å². The van der Waals surface area contributed by atoms with Crippen LogP contribution in [0.15, 0.2) is 6.07 Å². The van der Waals surface area contributed by atoms with Crippen molar-refractivity contribution in [3.8, 4) is 0 Å². The van der Waals surface area contributed by atoms with Crippen LogP contribution in [-0.2, 0) is 6.54 Å². The first-order valence-electron chi connectivity index (χ1n) is 5.59. The Morgan fingerprint density at radius 3 is 2.88 bits per heavy atom. The second-order valence-corrected chi connectivity index (χ2v) is 3.76. The minimum atomic E-state index is -0.483. The van der Waals surface area contributed by atoms with Crippen LogP contribution >= 0.6 is 0 Å². The van der Waals surface area contributed by atoms with E-state index in [2.05, 4.69) is 10.4 Å². The Hall–Kier alpha value is -1.36. The lowest BCUT2D eigenvalue weighted by molar-refractivity contribution is 0.0903. The number of nitrogens with one attached hydrogen (secondary N) is 1. The largest absolute Gasteiger partial charge is 0.391 e. The van der Waals surface area contributed by atoms with Gasteiger partial charge < -0.3 is 10.4 Å². The topological polar surface area (TPSA) is 67.2 Å². The number of aromatic nitrogens is 2. The molecule has 1 amide bonds. The predicted molar refractivity (Wildman–Crippen MR) is 61.3 cm³/mol. The zero-order valence-corrected chi connectivity index (χ0v) is 10.0. The molecular formula is C11H19N3O2. The molecule has 0 aliphatic heterocycles. The number of aryl methyl sites for hydroxylation is 2. The first-order valence-corrected chi connectivity index (χ1v) is 5.59. The van der Waals surface area contributed by atoms with E-state index in [-0.39, 0.29) is 12.5 Å². The van der Waals surface area contributed by atoms with Crippen LogP contribution in [0, 0.1) is 6.92 Å². The van der Waals surface area contributed by atoms with E-state index < -0.39 is 6.10 Å². The van der Waals surface area contributed by atoms with Crippen molar-refractivity contribution in [2.75, 3.05) is 6.54 Å². The van der Waals surface area contributed by atoms with Gasteiger partial charge in [-0.05, 0) is 26.3 Å². The molecule has 1 rings (SSSR count). The first kappa shape index (κ1) is 12.7. The van der Waals surface area contributed by atoms with Gasteiger partial charge in [-0.3, -0.25) is 9.48 Å². The molecule has 0 spiro atoms. The van der Waals surface area contributed by atoms with Gasteiger partial charge in [0.15, 0.2) is 0 Å². The molecule has 0 aliphatic carbocycles. The van der Waals surface area contributed by atoms with Crippen molar-refractivity contribution in [2.24, 2.45) is 0 Å². The standard InChI is InChI=1S/C11H19N3O2/c1-4-9(15)7-12-11(16)10-6-8(3)13-14(10)5-2/h6,9,15H,4-5,7H2,1-3H3,(H,12,16). The fourth-order valence-corrected chi connectivity index (χ4v) is 1.41. The summed E-state index contributed by atoms with van der Waals surface area (Å²) in [5.74, 6) is -0.185. The molecule has 1 aromatic heterocycles. The highest BCUT2D eigenvalue weighted by Crippen LogP contribution is 2.03. The van der Waals surface area contributed by atoms with Crippen LogP contribution in [-0.4, -0.2) is 33.4 Å². The van der Waals surface area contributed by atoms with Gasteiger partial charge in [-0.2, -0.15) is 5.10 Å². The molecule has 16 heavy (non-hydrogen) atoms. The van der Waals surface area contributed by atoms with E-state index >= 15 is 0 Å². The van der Waals surface area contributed by atoms with E-state index in [1.165, 1.54) is 0 Å². The van der Waals surface area contributed by atoms with Crippen molar-refractivity contribution >= 4 is 5.91 Å². The maximum Gasteiger partial charge on any atom is 0.269 e. The lowest BCUT2D eigenvalue weighted by atomic mass is 10.2. The smallest absolute Gasteiger partial charge is 0.269 e. The summed E-state index contributed by atoms with van der Waals surface area (Å²) < 4.78 is 1.66. The SMILES string of the molecule is CCC(O)CNC(=O)c1cc(C)nn1CC. The second kappa shape index (κ2) is 5.65.